The average molecular weight is 464 g/mol. The van der Waals surface area contributed by atoms with Crippen molar-refractivity contribution in [1.29, 1.82) is 0 Å². The number of nitrogens with one attached hydrogen (secondary N) is 2. The predicted molar refractivity (Wildman–Crippen MR) is 132 cm³/mol. The van der Waals surface area contributed by atoms with E-state index in [0.29, 0.717) is 36.4 Å². The number of rotatable bonds is 8. The highest BCUT2D eigenvalue weighted by molar-refractivity contribution is 6.08. The highest BCUT2D eigenvalue weighted by atomic mass is 16.3. The van der Waals surface area contributed by atoms with Crippen molar-refractivity contribution < 1.29 is 19.8 Å². The van der Waals surface area contributed by atoms with Crippen molar-refractivity contribution in [3.05, 3.63) is 71.8 Å². The Kier molecular flexibility index (Phi) is 7.46. The highest BCUT2D eigenvalue weighted by Crippen LogP contribution is 2.46. The molecule has 2 amide bonds. The molecule has 2 heterocycles. The Labute approximate surface area is 200 Å². The van der Waals surface area contributed by atoms with E-state index in [1.165, 1.54) is 0 Å². The maximum atomic E-state index is 13.6. The summed E-state index contributed by atoms with van der Waals surface area (Å²) in [6.45, 7) is 3.70. The zero-order chi connectivity index (χ0) is 24.1. The monoisotopic (exact) mass is 463 g/mol. The van der Waals surface area contributed by atoms with Gasteiger partial charge in [0.1, 0.15) is 0 Å². The first-order valence-corrected chi connectivity index (χ1v) is 12.0. The van der Waals surface area contributed by atoms with Crippen LogP contribution in [-0.2, 0) is 21.7 Å². The van der Waals surface area contributed by atoms with Gasteiger partial charge >= 0.3 is 0 Å². The summed E-state index contributed by atoms with van der Waals surface area (Å²) in [4.78, 5) is 28.0. The van der Waals surface area contributed by atoms with Crippen LogP contribution in [0.25, 0.3) is 0 Å². The predicted octanol–water partition coefficient (Wildman–Crippen LogP) is 2.93. The molecule has 0 saturated carbocycles. The summed E-state index contributed by atoms with van der Waals surface area (Å²) in [6, 6.07) is 15.0. The van der Waals surface area contributed by atoms with Gasteiger partial charge < -0.3 is 25.7 Å². The Morgan fingerprint density at radius 2 is 2.09 bits per heavy atom. The molecule has 2 aromatic rings. The first kappa shape index (κ1) is 24.1. The first-order chi connectivity index (χ1) is 16.4. The molecule has 0 spiro atoms. The van der Waals surface area contributed by atoms with E-state index in [2.05, 4.69) is 10.6 Å². The Hall–Kier alpha value is -3.00. The van der Waals surface area contributed by atoms with Gasteiger partial charge in [0.05, 0.1) is 18.2 Å². The number of benzene rings is 2. The zero-order valence-corrected chi connectivity index (χ0v) is 19.5. The number of anilines is 2. The van der Waals surface area contributed by atoms with Gasteiger partial charge in [-0.05, 0) is 49.6 Å². The molecule has 7 nitrogen and oxygen atoms in total. The van der Waals surface area contributed by atoms with Crippen LogP contribution < -0.4 is 15.5 Å². The minimum absolute atomic E-state index is 0.00147. The van der Waals surface area contributed by atoms with E-state index >= 15 is 0 Å². The van der Waals surface area contributed by atoms with Crippen LogP contribution in [-0.4, -0.2) is 41.7 Å². The number of amides is 2. The van der Waals surface area contributed by atoms with E-state index < -0.39 is 17.4 Å². The smallest absolute Gasteiger partial charge is 0.264 e. The molecule has 2 aromatic carbocycles. The Bertz CT molecular complexity index is 1050. The highest BCUT2D eigenvalue weighted by Gasteiger charge is 2.52. The molecular formula is C27H33N3O4. The summed E-state index contributed by atoms with van der Waals surface area (Å²) in [6.07, 6.45) is 5.78. The third-order valence-corrected chi connectivity index (χ3v) is 6.77. The molecule has 0 bridgehead atoms. The molecule has 7 heteroatoms. The number of hydrogen-bond acceptors (Lipinski definition) is 5. The molecule has 0 aromatic heterocycles. The lowest BCUT2D eigenvalue weighted by Crippen LogP contribution is -2.44. The first-order valence-electron chi connectivity index (χ1n) is 12.0. The van der Waals surface area contributed by atoms with E-state index in [-0.39, 0.29) is 18.4 Å². The fourth-order valence-electron chi connectivity index (χ4n) is 4.78. The van der Waals surface area contributed by atoms with Gasteiger partial charge in [0.25, 0.3) is 5.91 Å². The molecular weight excluding hydrogens is 430 g/mol. The summed E-state index contributed by atoms with van der Waals surface area (Å²) in [7, 11) is 0. The topological polar surface area (TPSA) is 102 Å². The normalized spacial score (nSPS) is 23.2. The SMILES string of the molecule is C[C@@H](/C=C/CCO)[C@]1(O)C(=O)N(Cc2ccccc2)c2ccc(NC(=O)C3CCCNC3)cc21. The van der Waals surface area contributed by atoms with Crippen LogP contribution in [0, 0.1) is 11.8 Å². The van der Waals surface area contributed by atoms with Crippen LogP contribution in [0.2, 0.25) is 0 Å². The van der Waals surface area contributed by atoms with Crippen LogP contribution >= 0.6 is 0 Å². The molecule has 180 valence electrons. The van der Waals surface area contributed by atoms with Crippen molar-refractivity contribution in [2.45, 2.75) is 38.3 Å². The van der Waals surface area contributed by atoms with Gasteiger partial charge in [0, 0.05) is 30.3 Å². The van der Waals surface area contributed by atoms with Gasteiger partial charge in [-0.1, -0.05) is 49.4 Å². The lowest BCUT2D eigenvalue weighted by Gasteiger charge is -2.28. The lowest BCUT2D eigenvalue weighted by atomic mass is 9.82. The molecule has 1 saturated heterocycles. The van der Waals surface area contributed by atoms with Crippen molar-refractivity contribution in [2.24, 2.45) is 11.8 Å². The fraction of sp³-hybridized carbons (Fsp3) is 0.407. The molecule has 0 aliphatic carbocycles. The van der Waals surface area contributed by atoms with Gasteiger partial charge in [-0.3, -0.25) is 9.59 Å². The number of carbonyl (C=O) groups is 2. The third kappa shape index (κ3) is 4.78. The van der Waals surface area contributed by atoms with Crippen molar-refractivity contribution in [1.82, 2.24) is 5.32 Å². The van der Waals surface area contributed by atoms with E-state index in [1.54, 1.807) is 42.2 Å². The maximum Gasteiger partial charge on any atom is 0.264 e. The van der Waals surface area contributed by atoms with Crippen LogP contribution in [0.1, 0.15) is 37.3 Å². The summed E-state index contributed by atoms with van der Waals surface area (Å²) in [5, 5.41) is 27.2. The molecule has 34 heavy (non-hydrogen) atoms. The van der Waals surface area contributed by atoms with Crippen LogP contribution in [0.4, 0.5) is 11.4 Å². The summed E-state index contributed by atoms with van der Waals surface area (Å²) >= 11 is 0. The zero-order valence-electron chi connectivity index (χ0n) is 19.5. The lowest BCUT2D eigenvalue weighted by molar-refractivity contribution is -0.139. The minimum Gasteiger partial charge on any atom is -0.396 e. The van der Waals surface area contributed by atoms with Gasteiger partial charge in [-0.25, -0.2) is 0 Å². The number of hydrogen-bond donors (Lipinski definition) is 4. The van der Waals surface area contributed by atoms with Gasteiger partial charge in [0.2, 0.25) is 5.91 Å². The molecule has 3 atom stereocenters. The minimum atomic E-state index is -1.77. The van der Waals surface area contributed by atoms with Crippen molar-refractivity contribution in [3.8, 4) is 0 Å². The quantitative estimate of drug-likeness (QED) is 0.451. The van der Waals surface area contributed by atoms with Crippen LogP contribution in [0.3, 0.4) is 0 Å². The molecule has 2 aliphatic rings. The number of fused-ring (bicyclic) bond motifs is 1. The standard InChI is InChI=1S/C27H33N3O4/c1-19(8-5-6-15-31)27(34)23-16-22(29-25(32)21-11-7-14-28-17-21)12-13-24(23)30(26(27)33)18-20-9-3-2-4-10-20/h2-5,8-10,12-13,16,19,21,28,31,34H,6-7,11,14-15,17-18H2,1H3,(H,29,32)/b8-5+/t19-,21?,27+/m0/s1. The maximum absolute atomic E-state index is 13.6. The van der Waals surface area contributed by atoms with Crippen molar-refractivity contribution >= 4 is 23.2 Å². The van der Waals surface area contributed by atoms with Crippen LogP contribution in [0.5, 0.6) is 0 Å². The number of aliphatic hydroxyl groups is 2. The second-order valence-electron chi connectivity index (χ2n) is 9.14. The molecule has 4 N–H and O–H groups in total. The van der Waals surface area contributed by atoms with E-state index in [0.717, 1.165) is 24.9 Å². The molecule has 1 fully saturated rings. The van der Waals surface area contributed by atoms with Crippen LogP contribution in [0.15, 0.2) is 60.7 Å². The van der Waals surface area contributed by atoms with Gasteiger partial charge in [-0.2, -0.15) is 0 Å². The summed E-state index contributed by atoms with van der Waals surface area (Å²) in [5.74, 6) is -1.08. The Morgan fingerprint density at radius 1 is 1.29 bits per heavy atom. The van der Waals surface area contributed by atoms with E-state index in [9.17, 15) is 14.7 Å². The number of piperidine rings is 1. The van der Waals surface area contributed by atoms with Gasteiger partial charge in [-0.15, -0.1) is 0 Å². The van der Waals surface area contributed by atoms with Crippen molar-refractivity contribution in [3.63, 3.8) is 0 Å². The second kappa shape index (κ2) is 10.5. The number of carbonyl (C=O) groups excluding carboxylic acids is 2. The number of aliphatic hydroxyl groups excluding tert-OH is 1. The van der Waals surface area contributed by atoms with E-state index in [4.69, 9.17) is 5.11 Å². The fourth-order valence-corrected chi connectivity index (χ4v) is 4.78. The molecule has 2 aliphatic heterocycles. The second-order valence-corrected chi connectivity index (χ2v) is 9.14. The molecule has 4 rings (SSSR count). The molecule has 1 unspecified atom stereocenters. The Balaban J connectivity index is 1.67. The Morgan fingerprint density at radius 3 is 2.79 bits per heavy atom. The third-order valence-electron chi connectivity index (χ3n) is 6.77. The average Bonchev–Trinajstić information content (AvgIpc) is 3.07. The summed E-state index contributed by atoms with van der Waals surface area (Å²) in [5.41, 5.74) is 0.860. The largest absolute Gasteiger partial charge is 0.396 e. The number of nitrogens with zero attached hydrogens (tertiary/aromatic N) is 1. The van der Waals surface area contributed by atoms with E-state index in [1.807, 2.05) is 30.3 Å². The van der Waals surface area contributed by atoms with Crippen molar-refractivity contribution in [2.75, 3.05) is 29.9 Å². The summed E-state index contributed by atoms with van der Waals surface area (Å²) < 4.78 is 0. The molecule has 0 radical (unpaired) electrons. The van der Waals surface area contributed by atoms with Gasteiger partial charge in [0.15, 0.2) is 5.60 Å².